The van der Waals surface area contributed by atoms with E-state index in [2.05, 4.69) is 13.8 Å². The van der Waals surface area contributed by atoms with Crippen molar-refractivity contribution in [3.8, 4) is 0 Å². The van der Waals surface area contributed by atoms with Gasteiger partial charge in [0.05, 0.1) is 6.61 Å². The molecule has 0 rings (SSSR count). The molecule has 1 heteroatoms. The molecule has 0 aromatic heterocycles. The SMILES string of the molecule is CCC[CH]OCCCCCCCCCCCCCC. The maximum atomic E-state index is 5.44. The molecule has 0 saturated carbocycles. The quantitative estimate of drug-likeness (QED) is 0.284. The fourth-order valence-corrected chi connectivity index (χ4v) is 2.31. The molecular formula is C18H37O. The zero-order valence-electron chi connectivity index (χ0n) is 13.6. The maximum Gasteiger partial charge on any atom is 0.0836 e. The van der Waals surface area contributed by atoms with Gasteiger partial charge in [0.2, 0.25) is 0 Å². The molecule has 0 amide bonds. The lowest BCUT2D eigenvalue weighted by atomic mass is 10.1. The van der Waals surface area contributed by atoms with E-state index in [0.29, 0.717) is 0 Å². The van der Waals surface area contributed by atoms with Crippen molar-refractivity contribution in [2.75, 3.05) is 6.61 Å². The average Bonchev–Trinajstić information content (AvgIpc) is 2.43. The van der Waals surface area contributed by atoms with Crippen molar-refractivity contribution in [1.29, 1.82) is 0 Å². The minimum Gasteiger partial charge on any atom is -0.376 e. The van der Waals surface area contributed by atoms with Gasteiger partial charge in [-0.15, -0.1) is 0 Å². The summed E-state index contributed by atoms with van der Waals surface area (Å²) in [4.78, 5) is 0. The van der Waals surface area contributed by atoms with Crippen LogP contribution in [0.5, 0.6) is 0 Å². The highest BCUT2D eigenvalue weighted by Crippen LogP contribution is 2.12. The molecule has 0 heterocycles. The molecule has 0 aromatic rings. The van der Waals surface area contributed by atoms with E-state index in [4.69, 9.17) is 4.74 Å². The van der Waals surface area contributed by atoms with E-state index in [1.54, 1.807) is 0 Å². The highest BCUT2D eigenvalue weighted by molar-refractivity contribution is 4.50. The topological polar surface area (TPSA) is 9.23 Å². The smallest absolute Gasteiger partial charge is 0.0836 e. The molecule has 0 bridgehead atoms. The summed E-state index contributed by atoms with van der Waals surface area (Å²) in [5.41, 5.74) is 0. The predicted octanol–water partition coefficient (Wildman–Crippen LogP) is 6.67. The van der Waals surface area contributed by atoms with Gasteiger partial charge in [0.25, 0.3) is 0 Å². The fourth-order valence-electron chi connectivity index (χ4n) is 2.31. The van der Waals surface area contributed by atoms with Gasteiger partial charge in [-0.1, -0.05) is 90.9 Å². The Morgan fingerprint density at radius 1 is 0.579 bits per heavy atom. The van der Waals surface area contributed by atoms with Gasteiger partial charge < -0.3 is 4.74 Å². The Hall–Kier alpha value is -0.0400. The molecular weight excluding hydrogens is 232 g/mol. The van der Waals surface area contributed by atoms with Gasteiger partial charge in [0.15, 0.2) is 0 Å². The number of unbranched alkanes of at least 4 members (excludes halogenated alkanes) is 12. The summed E-state index contributed by atoms with van der Waals surface area (Å²) in [6.45, 7) is 7.37. The van der Waals surface area contributed by atoms with Crippen LogP contribution < -0.4 is 0 Å². The molecule has 19 heavy (non-hydrogen) atoms. The summed E-state index contributed by atoms with van der Waals surface area (Å²) >= 11 is 0. The van der Waals surface area contributed by atoms with Crippen molar-refractivity contribution in [3.05, 3.63) is 6.61 Å². The van der Waals surface area contributed by atoms with Gasteiger partial charge in [-0.05, 0) is 12.8 Å². The van der Waals surface area contributed by atoms with Crippen LogP contribution in [-0.2, 0) is 4.74 Å². The van der Waals surface area contributed by atoms with Crippen LogP contribution in [0.1, 0.15) is 104 Å². The van der Waals surface area contributed by atoms with Gasteiger partial charge >= 0.3 is 0 Å². The fraction of sp³-hybridized carbons (Fsp3) is 0.944. The number of hydrogen-bond acceptors (Lipinski definition) is 1. The maximum absolute atomic E-state index is 5.44. The third-order valence-electron chi connectivity index (χ3n) is 3.64. The number of rotatable bonds is 16. The molecule has 0 aliphatic heterocycles. The van der Waals surface area contributed by atoms with Gasteiger partial charge in [-0.25, -0.2) is 0 Å². The molecule has 0 spiro atoms. The summed E-state index contributed by atoms with van der Waals surface area (Å²) in [6.07, 6.45) is 19.2. The first-order valence-corrected chi connectivity index (χ1v) is 8.85. The molecule has 0 atom stereocenters. The molecule has 1 radical (unpaired) electrons. The molecule has 0 saturated heterocycles. The minimum absolute atomic E-state index is 0.928. The standard InChI is InChI=1S/C18H37O/c1-3-5-7-8-9-10-11-12-13-14-15-16-18-19-17-6-4-2/h17H,3-16,18H2,1-2H3. The van der Waals surface area contributed by atoms with Crippen molar-refractivity contribution in [2.45, 2.75) is 104 Å². The monoisotopic (exact) mass is 269 g/mol. The van der Waals surface area contributed by atoms with E-state index >= 15 is 0 Å². The second-order valence-electron chi connectivity index (χ2n) is 5.72. The first-order chi connectivity index (χ1) is 9.41. The van der Waals surface area contributed by atoms with Gasteiger partial charge in [0.1, 0.15) is 0 Å². The number of hydrogen-bond donors (Lipinski definition) is 0. The molecule has 1 nitrogen and oxygen atoms in total. The van der Waals surface area contributed by atoms with Crippen LogP contribution in [0.2, 0.25) is 0 Å². The van der Waals surface area contributed by atoms with Crippen LogP contribution in [0.3, 0.4) is 0 Å². The highest BCUT2D eigenvalue weighted by atomic mass is 16.5. The summed E-state index contributed by atoms with van der Waals surface area (Å²) < 4.78 is 5.44. The van der Waals surface area contributed by atoms with Crippen molar-refractivity contribution in [2.24, 2.45) is 0 Å². The Bertz CT molecular complexity index is 129. The van der Waals surface area contributed by atoms with E-state index in [1.807, 2.05) is 6.61 Å². The summed E-state index contributed by atoms with van der Waals surface area (Å²) in [5, 5.41) is 0. The minimum atomic E-state index is 0.928. The Kier molecular flexibility index (Phi) is 17.9. The lowest BCUT2D eigenvalue weighted by molar-refractivity contribution is 0.185. The molecule has 0 fully saturated rings. The van der Waals surface area contributed by atoms with E-state index in [-0.39, 0.29) is 0 Å². The normalized spacial score (nSPS) is 11.1. The first kappa shape index (κ1) is 19.0. The summed E-state index contributed by atoms with van der Waals surface area (Å²) in [6, 6.07) is 0. The second-order valence-corrected chi connectivity index (χ2v) is 5.72. The first-order valence-electron chi connectivity index (χ1n) is 8.85. The largest absolute Gasteiger partial charge is 0.376 e. The van der Waals surface area contributed by atoms with Crippen LogP contribution in [0, 0.1) is 6.61 Å². The van der Waals surface area contributed by atoms with Gasteiger partial charge in [-0.2, -0.15) is 0 Å². The zero-order chi connectivity index (χ0) is 14.0. The third kappa shape index (κ3) is 18.0. The highest BCUT2D eigenvalue weighted by Gasteiger charge is 1.94. The van der Waals surface area contributed by atoms with Crippen LogP contribution in [0.15, 0.2) is 0 Å². The lowest BCUT2D eigenvalue weighted by Gasteiger charge is -2.03. The van der Waals surface area contributed by atoms with Crippen LogP contribution in [-0.4, -0.2) is 6.61 Å². The van der Waals surface area contributed by atoms with Crippen molar-refractivity contribution in [3.63, 3.8) is 0 Å². The van der Waals surface area contributed by atoms with Crippen LogP contribution in [0.25, 0.3) is 0 Å². The third-order valence-corrected chi connectivity index (χ3v) is 3.64. The molecule has 0 N–H and O–H groups in total. The Morgan fingerprint density at radius 3 is 1.53 bits per heavy atom. The van der Waals surface area contributed by atoms with E-state index in [1.165, 1.54) is 83.5 Å². The van der Waals surface area contributed by atoms with Crippen molar-refractivity contribution >= 4 is 0 Å². The zero-order valence-corrected chi connectivity index (χ0v) is 13.6. The predicted molar refractivity (Wildman–Crippen MR) is 86.2 cm³/mol. The van der Waals surface area contributed by atoms with E-state index in [0.717, 1.165) is 13.0 Å². The van der Waals surface area contributed by atoms with Gasteiger partial charge in [0, 0.05) is 6.61 Å². The average molecular weight is 269 g/mol. The van der Waals surface area contributed by atoms with Crippen molar-refractivity contribution < 1.29 is 4.74 Å². The molecule has 0 unspecified atom stereocenters. The Morgan fingerprint density at radius 2 is 1.05 bits per heavy atom. The van der Waals surface area contributed by atoms with Crippen LogP contribution >= 0.6 is 0 Å². The molecule has 0 aliphatic carbocycles. The lowest BCUT2D eigenvalue weighted by Crippen LogP contribution is -1.91. The van der Waals surface area contributed by atoms with E-state index in [9.17, 15) is 0 Å². The summed E-state index contributed by atoms with van der Waals surface area (Å²) in [5.74, 6) is 0. The molecule has 0 aromatic carbocycles. The number of ether oxygens (including phenoxy) is 1. The Balaban J connectivity index is 2.88. The Labute approximate surface area is 122 Å². The van der Waals surface area contributed by atoms with Gasteiger partial charge in [-0.3, -0.25) is 0 Å². The second kappa shape index (κ2) is 18.0. The molecule has 0 aliphatic rings. The van der Waals surface area contributed by atoms with E-state index < -0.39 is 0 Å². The molecule has 115 valence electrons. The van der Waals surface area contributed by atoms with Crippen LogP contribution in [0.4, 0.5) is 0 Å². The summed E-state index contributed by atoms with van der Waals surface area (Å²) in [7, 11) is 0. The van der Waals surface area contributed by atoms with Crippen molar-refractivity contribution in [1.82, 2.24) is 0 Å².